The summed E-state index contributed by atoms with van der Waals surface area (Å²) in [6.45, 7) is 2.62. The first-order valence-corrected chi connectivity index (χ1v) is 7.35. The Morgan fingerprint density at radius 3 is 2.55 bits per heavy atom. The lowest BCUT2D eigenvalue weighted by Gasteiger charge is -2.16. The Labute approximate surface area is 130 Å². The van der Waals surface area contributed by atoms with Crippen molar-refractivity contribution < 1.29 is 14.6 Å². The van der Waals surface area contributed by atoms with E-state index in [9.17, 15) is 9.90 Å². The second-order valence-electron chi connectivity index (χ2n) is 5.11. The second kappa shape index (κ2) is 7.50. The minimum absolute atomic E-state index is 0.0791. The van der Waals surface area contributed by atoms with E-state index < -0.39 is 0 Å². The van der Waals surface area contributed by atoms with Gasteiger partial charge in [0.05, 0.1) is 12.7 Å². The summed E-state index contributed by atoms with van der Waals surface area (Å²) in [5, 5.41) is 12.8. The standard InChI is InChI=1S/C18H21NO3/c1-3-13(14-7-5-4-6-8-14)12-19-18(21)16-10-9-15(22-2)11-17(16)20/h4-11,13,20H,3,12H2,1-2H3,(H,19,21)/t13-/m1/s1. The number of methoxy groups -OCH3 is 1. The Morgan fingerprint density at radius 2 is 1.95 bits per heavy atom. The van der Waals surface area contributed by atoms with Crippen molar-refractivity contribution in [1.82, 2.24) is 5.32 Å². The predicted octanol–water partition coefficient (Wildman–Crippen LogP) is 3.32. The van der Waals surface area contributed by atoms with Crippen molar-refractivity contribution in [3.8, 4) is 11.5 Å². The lowest BCUT2D eigenvalue weighted by Crippen LogP contribution is -2.28. The predicted molar refractivity (Wildman–Crippen MR) is 86.5 cm³/mol. The van der Waals surface area contributed by atoms with Crippen molar-refractivity contribution in [2.24, 2.45) is 0 Å². The third kappa shape index (κ3) is 3.79. The van der Waals surface area contributed by atoms with Crippen molar-refractivity contribution in [1.29, 1.82) is 0 Å². The molecule has 1 atom stereocenters. The van der Waals surface area contributed by atoms with Crippen LogP contribution in [0.25, 0.3) is 0 Å². The number of hydrogen-bond donors (Lipinski definition) is 2. The molecular formula is C18H21NO3. The molecule has 0 bridgehead atoms. The molecule has 0 aliphatic heterocycles. The fourth-order valence-corrected chi connectivity index (χ4v) is 2.36. The van der Waals surface area contributed by atoms with Crippen molar-refractivity contribution in [3.63, 3.8) is 0 Å². The molecular weight excluding hydrogens is 278 g/mol. The number of amides is 1. The van der Waals surface area contributed by atoms with Crippen LogP contribution in [0, 0.1) is 0 Å². The van der Waals surface area contributed by atoms with Gasteiger partial charge in [0.25, 0.3) is 5.91 Å². The van der Waals surface area contributed by atoms with Crippen LogP contribution >= 0.6 is 0 Å². The van der Waals surface area contributed by atoms with Gasteiger partial charge in [-0.3, -0.25) is 4.79 Å². The molecule has 116 valence electrons. The maximum atomic E-state index is 12.2. The van der Waals surface area contributed by atoms with E-state index in [4.69, 9.17) is 4.74 Å². The van der Waals surface area contributed by atoms with Gasteiger partial charge in [-0.05, 0) is 24.1 Å². The second-order valence-corrected chi connectivity index (χ2v) is 5.11. The SMILES string of the molecule is CC[C@H](CNC(=O)c1ccc(OC)cc1O)c1ccccc1. The van der Waals surface area contributed by atoms with Gasteiger partial charge in [0.1, 0.15) is 11.5 Å². The molecule has 4 nitrogen and oxygen atoms in total. The molecule has 0 fully saturated rings. The Hall–Kier alpha value is -2.49. The zero-order valence-corrected chi connectivity index (χ0v) is 12.9. The smallest absolute Gasteiger partial charge is 0.255 e. The van der Waals surface area contributed by atoms with Crippen LogP contribution in [0.3, 0.4) is 0 Å². The number of carbonyl (C=O) groups excluding carboxylic acids is 1. The zero-order chi connectivity index (χ0) is 15.9. The lowest BCUT2D eigenvalue weighted by molar-refractivity contribution is 0.0948. The molecule has 2 rings (SSSR count). The number of benzene rings is 2. The molecule has 0 aliphatic carbocycles. The largest absolute Gasteiger partial charge is 0.507 e. The van der Waals surface area contributed by atoms with E-state index in [0.29, 0.717) is 12.3 Å². The van der Waals surface area contributed by atoms with Crippen LogP contribution in [0.15, 0.2) is 48.5 Å². The number of hydrogen-bond acceptors (Lipinski definition) is 3. The van der Waals surface area contributed by atoms with Gasteiger partial charge in [-0.1, -0.05) is 37.3 Å². The van der Waals surface area contributed by atoms with Gasteiger partial charge in [-0.2, -0.15) is 0 Å². The van der Waals surface area contributed by atoms with Crippen molar-refractivity contribution in [2.75, 3.05) is 13.7 Å². The third-order valence-electron chi connectivity index (χ3n) is 3.72. The van der Waals surface area contributed by atoms with Crippen molar-refractivity contribution >= 4 is 5.91 Å². The zero-order valence-electron chi connectivity index (χ0n) is 12.9. The highest BCUT2D eigenvalue weighted by Gasteiger charge is 2.15. The maximum Gasteiger partial charge on any atom is 0.255 e. The minimum Gasteiger partial charge on any atom is -0.507 e. The summed E-state index contributed by atoms with van der Waals surface area (Å²) in [7, 11) is 1.51. The number of rotatable bonds is 6. The van der Waals surface area contributed by atoms with Crippen LogP contribution < -0.4 is 10.1 Å². The fraction of sp³-hybridized carbons (Fsp3) is 0.278. The molecule has 4 heteroatoms. The van der Waals surface area contributed by atoms with Crippen LogP contribution in [0.2, 0.25) is 0 Å². The molecule has 0 saturated carbocycles. The Balaban J connectivity index is 2.03. The van der Waals surface area contributed by atoms with Gasteiger partial charge in [-0.15, -0.1) is 0 Å². The summed E-state index contributed by atoms with van der Waals surface area (Å²) in [5.74, 6) is 0.412. The number of phenolic OH excluding ortho intramolecular Hbond substituents is 1. The van der Waals surface area contributed by atoms with Crippen LogP contribution in [-0.4, -0.2) is 24.7 Å². The lowest BCUT2D eigenvalue weighted by atomic mass is 9.96. The van der Waals surface area contributed by atoms with Crippen LogP contribution in [0.5, 0.6) is 11.5 Å². The fourth-order valence-electron chi connectivity index (χ4n) is 2.36. The van der Waals surface area contributed by atoms with E-state index in [-0.39, 0.29) is 23.1 Å². The molecule has 0 saturated heterocycles. The van der Waals surface area contributed by atoms with Crippen LogP contribution in [0.1, 0.15) is 35.2 Å². The van der Waals surface area contributed by atoms with Gasteiger partial charge in [0.2, 0.25) is 0 Å². The molecule has 1 amide bonds. The molecule has 0 aromatic heterocycles. The maximum absolute atomic E-state index is 12.2. The minimum atomic E-state index is -0.283. The van der Waals surface area contributed by atoms with Gasteiger partial charge in [-0.25, -0.2) is 0 Å². The highest BCUT2D eigenvalue weighted by Crippen LogP contribution is 2.24. The quantitative estimate of drug-likeness (QED) is 0.860. The van der Waals surface area contributed by atoms with Gasteiger partial charge in [0, 0.05) is 18.5 Å². The number of aromatic hydroxyl groups is 1. The Morgan fingerprint density at radius 1 is 1.23 bits per heavy atom. The summed E-state index contributed by atoms with van der Waals surface area (Å²) in [6, 6.07) is 14.7. The number of phenols is 1. The van der Waals surface area contributed by atoms with Gasteiger partial charge >= 0.3 is 0 Å². The van der Waals surface area contributed by atoms with Crippen molar-refractivity contribution in [2.45, 2.75) is 19.3 Å². The average Bonchev–Trinajstić information content (AvgIpc) is 2.56. The molecule has 2 N–H and O–H groups in total. The summed E-state index contributed by atoms with van der Waals surface area (Å²) >= 11 is 0. The van der Waals surface area contributed by atoms with E-state index in [0.717, 1.165) is 6.42 Å². The van der Waals surface area contributed by atoms with E-state index in [1.54, 1.807) is 12.1 Å². The molecule has 0 spiro atoms. The topological polar surface area (TPSA) is 58.6 Å². The van der Waals surface area contributed by atoms with Gasteiger partial charge in [0.15, 0.2) is 0 Å². The Bertz CT molecular complexity index is 625. The average molecular weight is 299 g/mol. The first-order chi connectivity index (χ1) is 10.7. The van der Waals surface area contributed by atoms with E-state index in [2.05, 4.69) is 24.4 Å². The molecule has 2 aromatic rings. The molecule has 0 radical (unpaired) electrons. The number of nitrogens with one attached hydrogen (secondary N) is 1. The molecule has 0 aliphatic rings. The monoisotopic (exact) mass is 299 g/mol. The molecule has 0 unspecified atom stereocenters. The number of carbonyl (C=O) groups is 1. The summed E-state index contributed by atoms with van der Waals surface area (Å²) in [4.78, 5) is 12.2. The summed E-state index contributed by atoms with van der Waals surface area (Å²) in [6.07, 6.45) is 0.929. The first kappa shape index (κ1) is 15.9. The Kier molecular flexibility index (Phi) is 5.42. The highest BCUT2D eigenvalue weighted by molar-refractivity contribution is 5.97. The first-order valence-electron chi connectivity index (χ1n) is 7.35. The van der Waals surface area contributed by atoms with Crippen molar-refractivity contribution in [3.05, 3.63) is 59.7 Å². The molecule has 2 aromatic carbocycles. The third-order valence-corrected chi connectivity index (χ3v) is 3.72. The number of ether oxygens (including phenoxy) is 1. The molecule has 0 heterocycles. The van der Waals surface area contributed by atoms with E-state index in [1.807, 2.05) is 18.2 Å². The highest BCUT2D eigenvalue weighted by atomic mass is 16.5. The molecule has 22 heavy (non-hydrogen) atoms. The van der Waals surface area contributed by atoms with Crippen LogP contribution in [-0.2, 0) is 0 Å². The summed E-state index contributed by atoms with van der Waals surface area (Å²) in [5.41, 5.74) is 1.45. The van der Waals surface area contributed by atoms with E-state index >= 15 is 0 Å². The van der Waals surface area contributed by atoms with E-state index in [1.165, 1.54) is 18.7 Å². The normalized spacial score (nSPS) is 11.7. The van der Waals surface area contributed by atoms with Crippen LogP contribution in [0.4, 0.5) is 0 Å². The van der Waals surface area contributed by atoms with Gasteiger partial charge < -0.3 is 15.2 Å². The summed E-state index contributed by atoms with van der Waals surface area (Å²) < 4.78 is 5.01.